The van der Waals surface area contributed by atoms with Gasteiger partial charge in [-0.3, -0.25) is 9.48 Å². The van der Waals surface area contributed by atoms with Crippen LogP contribution < -0.4 is 10.1 Å². The van der Waals surface area contributed by atoms with E-state index in [-0.39, 0.29) is 17.8 Å². The third kappa shape index (κ3) is 3.73. The Kier molecular flexibility index (Phi) is 4.80. The third-order valence-corrected chi connectivity index (χ3v) is 3.97. The number of nitrogens with zero attached hydrogens (tertiary/aromatic N) is 3. The lowest BCUT2D eigenvalue weighted by Gasteiger charge is -2.26. The van der Waals surface area contributed by atoms with Crippen molar-refractivity contribution < 1.29 is 13.9 Å². The van der Waals surface area contributed by atoms with E-state index in [1.165, 1.54) is 12.1 Å². The van der Waals surface area contributed by atoms with Gasteiger partial charge in [-0.15, -0.1) is 0 Å². The van der Waals surface area contributed by atoms with Crippen LogP contribution >= 0.6 is 0 Å². The first-order chi connectivity index (χ1) is 11.5. The highest BCUT2D eigenvalue weighted by Crippen LogP contribution is 2.32. The summed E-state index contributed by atoms with van der Waals surface area (Å²) in [5.41, 5.74) is 1.03. The van der Waals surface area contributed by atoms with Crippen LogP contribution in [0.5, 0.6) is 5.75 Å². The third-order valence-electron chi connectivity index (χ3n) is 3.97. The molecule has 0 aliphatic carbocycles. The van der Waals surface area contributed by atoms with Crippen molar-refractivity contribution in [3.8, 4) is 5.75 Å². The minimum Gasteiger partial charge on any atom is -0.493 e. The number of rotatable bonds is 5. The molecule has 128 valence electrons. The van der Waals surface area contributed by atoms with Gasteiger partial charge in [0.1, 0.15) is 17.3 Å². The number of ether oxygens (including phenoxy) is 1. The van der Waals surface area contributed by atoms with Crippen LogP contribution in [0.3, 0.4) is 0 Å². The van der Waals surface area contributed by atoms with Gasteiger partial charge in [0, 0.05) is 24.7 Å². The van der Waals surface area contributed by atoms with E-state index < -0.39 is 0 Å². The Bertz CT molecular complexity index is 729. The average molecular weight is 332 g/mol. The van der Waals surface area contributed by atoms with Gasteiger partial charge in [-0.1, -0.05) is 0 Å². The number of hydrogen-bond acceptors (Lipinski definition) is 4. The Morgan fingerprint density at radius 3 is 3.08 bits per heavy atom. The number of fused-ring (bicyclic) bond motifs is 1. The predicted octanol–water partition coefficient (Wildman–Crippen LogP) is 1.84. The highest BCUT2D eigenvalue weighted by atomic mass is 19.1. The molecule has 1 aliphatic heterocycles. The van der Waals surface area contributed by atoms with Crippen LogP contribution in [0.15, 0.2) is 30.5 Å². The van der Waals surface area contributed by atoms with E-state index in [0.29, 0.717) is 36.6 Å². The molecule has 1 atom stereocenters. The Labute approximate surface area is 140 Å². The number of hydrogen-bond donors (Lipinski definition) is 1. The summed E-state index contributed by atoms with van der Waals surface area (Å²) in [5, 5.41) is 7.22. The van der Waals surface area contributed by atoms with E-state index in [1.807, 2.05) is 14.1 Å². The standard InChI is InChI=1S/C17H21FN4O2/c1-21(2)8-9-22-7-5-15(20-22)17(23)19-14-6-10-24-16-4-3-12(18)11-13(14)16/h3-5,7,11,14H,6,8-10H2,1-2H3,(H,19,23). The van der Waals surface area contributed by atoms with E-state index in [4.69, 9.17) is 4.74 Å². The van der Waals surface area contributed by atoms with Gasteiger partial charge in [0.05, 0.1) is 19.2 Å². The molecule has 0 saturated carbocycles. The zero-order valence-corrected chi connectivity index (χ0v) is 13.8. The highest BCUT2D eigenvalue weighted by molar-refractivity contribution is 5.92. The van der Waals surface area contributed by atoms with Crippen molar-refractivity contribution in [3.63, 3.8) is 0 Å². The quantitative estimate of drug-likeness (QED) is 0.908. The highest BCUT2D eigenvalue weighted by Gasteiger charge is 2.24. The lowest BCUT2D eigenvalue weighted by Crippen LogP contribution is -2.32. The van der Waals surface area contributed by atoms with Gasteiger partial charge in [-0.2, -0.15) is 5.10 Å². The Morgan fingerprint density at radius 1 is 1.46 bits per heavy atom. The predicted molar refractivity (Wildman–Crippen MR) is 87.5 cm³/mol. The molecule has 1 aromatic heterocycles. The summed E-state index contributed by atoms with van der Waals surface area (Å²) in [6.45, 7) is 2.04. The minimum absolute atomic E-state index is 0.263. The number of likely N-dealkylation sites (N-methyl/N-ethyl adjacent to an activating group) is 1. The van der Waals surface area contributed by atoms with Crippen molar-refractivity contribution >= 4 is 5.91 Å². The summed E-state index contributed by atoms with van der Waals surface area (Å²) in [7, 11) is 3.97. The molecule has 0 bridgehead atoms. The SMILES string of the molecule is CN(C)CCn1ccc(C(=O)NC2CCOc3ccc(F)cc32)n1. The van der Waals surface area contributed by atoms with Crippen molar-refractivity contribution in [3.05, 3.63) is 47.5 Å². The van der Waals surface area contributed by atoms with Crippen LogP contribution in [-0.4, -0.2) is 47.8 Å². The summed E-state index contributed by atoms with van der Waals surface area (Å²) < 4.78 is 20.7. The van der Waals surface area contributed by atoms with Gasteiger partial charge in [0.25, 0.3) is 5.91 Å². The summed E-state index contributed by atoms with van der Waals surface area (Å²) in [6, 6.07) is 5.78. The van der Waals surface area contributed by atoms with Gasteiger partial charge < -0.3 is 15.0 Å². The van der Waals surface area contributed by atoms with Crippen molar-refractivity contribution in [2.24, 2.45) is 0 Å². The summed E-state index contributed by atoms with van der Waals surface area (Å²) >= 11 is 0. The number of carbonyl (C=O) groups is 1. The van der Waals surface area contributed by atoms with Gasteiger partial charge >= 0.3 is 0 Å². The van der Waals surface area contributed by atoms with Crippen LogP contribution in [-0.2, 0) is 6.54 Å². The molecule has 1 unspecified atom stereocenters. The smallest absolute Gasteiger partial charge is 0.272 e. The summed E-state index contributed by atoms with van der Waals surface area (Å²) in [5.74, 6) is 0.0108. The van der Waals surface area contributed by atoms with E-state index in [1.54, 1.807) is 23.0 Å². The number of benzene rings is 1. The van der Waals surface area contributed by atoms with Crippen molar-refractivity contribution in [2.75, 3.05) is 27.2 Å². The first-order valence-electron chi connectivity index (χ1n) is 7.94. The van der Waals surface area contributed by atoms with E-state index in [2.05, 4.69) is 15.3 Å². The lowest BCUT2D eigenvalue weighted by molar-refractivity contribution is 0.0918. The van der Waals surface area contributed by atoms with Gasteiger partial charge in [0.2, 0.25) is 0 Å². The van der Waals surface area contributed by atoms with Crippen molar-refractivity contribution in [1.29, 1.82) is 0 Å². The Hall–Kier alpha value is -2.41. The molecule has 1 N–H and O–H groups in total. The summed E-state index contributed by atoms with van der Waals surface area (Å²) in [4.78, 5) is 14.5. The molecule has 1 amide bonds. The fourth-order valence-electron chi connectivity index (χ4n) is 2.66. The molecule has 7 heteroatoms. The maximum Gasteiger partial charge on any atom is 0.272 e. The Balaban J connectivity index is 1.69. The molecule has 6 nitrogen and oxygen atoms in total. The van der Waals surface area contributed by atoms with Gasteiger partial charge in [-0.05, 0) is 38.4 Å². The van der Waals surface area contributed by atoms with E-state index >= 15 is 0 Å². The fraction of sp³-hybridized carbons (Fsp3) is 0.412. The van der Waals surface area contributed by atoms with Crippen molar-refractivity contribution in [1.82, 2.24) is 20.0 Å². The second kappa shape index (κ2) is 7.00. The number of aromatic nitrogens is 2. The maximum absolute atomic E-state index is 13.5. The number of halogens is 1. The minimum atomic E-state index is -0.341. The lowest BCUT2D eigenvalue weighted by atomic mass is 10.0. The second-order valence-electron chi connectivity index (χ2n) is 6.11. The molecular weight excluding hydrogens is 311 g/mol. The van der Waals surface area contributed by atoms with Crippen LogP contribution in [0.2, 0.25) is 0 Å². The molecule has 0 saturated heterocycles. The first kappa shape index (κ1) is 16.4. The number of carbonyl (C=O) groups excluding carboxylic acids is 1. The average Bonchev–Trinajstić information content (AvgIpc) is 3.02. The normalized spacial score (nSPS) is 16.6. The molecular formula is C17H21FN4O2. The molecule has 2 heterocycles. The van der Waals surface area contributed by atoms with Crippen LogP contribution in [0, 0.1) is 5.82 Å². The van der Waals surface area contributed by atoms with E-state index in [0.717, 1.165) is 6.54 Å². The van der Waals surface area contributed by atoms with E-state index in [9.17, 15) is 9.18 Å². The second-order valence-corrected chi connectivity index (χ2v) is 6.11. The summed E-state index contributed by atoms with van der Waals surface area (Å²) in [6.07, 6.45) is 2.39. The largest absolute Gasteiger partial charge is 0.493 e. The van der Waals surface area contributed by atoms with Crippen LogP contribution in [0.1, 0.15) is 28.5 Å². The molecule has 24 heavy (non-hydrogen) atoms. The van der Waals surface area contributed by atoms with Crippen LogP contribution in [0.4, 0.5) is 4.39 Å². The first-order valence-corrected chi connectivity index (χ1v) is 7.94. The van der Waals surface area contributed by atoms with Crippen molar-refractivity contribution in [2.45, 2.75) is 19.0 Å². The van der Waals surface area contributed by atoms with Gasteiger partial charge in [0.15, 0.2) is 0 Å². The number of nitrogens with one attached hydrogen (secondary N) is 1. The molecule has 0 fully saturated rings. The molecule has 1 aromatic carbocycles. The zero-order chi connectivity index (χ0) is 17.1. The molecule has 0 spiro atoms. The topological polar surface area (TPSA) is 59.4 Å². The molecule has 3 rings (SSSR count). The number of amides is 1. The molecule has 0 radical (unpaired) electrons. The van der Waals surface area contributed by atoms with Crippen LogP contribution in [0.25, 0.3) is 0 Å². The monoisotopic (exact) mass is 332 g/mol. The Morgan fingerprint density at radius 2 is 2.29 bits per heavy atom. The van der Waals surface area contributed by atoms with Gasteiger partial charge in [-0.25, -0.2) is 4.39 Å². The fourth-order valence-corrected chi connectivity index (χ4v) is 2.66. The zero-order valence-electron chi connectivity index (χ0n) is 13.8. The molecule has 2 aromatic rings. The molecule has 1 aliphatic rings. The maximum atomic E-state index is 13.5.